The third kappa shape index (κ3) is 2.11. The lowest BCUT2D eigenvalue weighted by Crippen LogP contribution is -1.97. The van der Waals surface area contributed by atoms with Crippen LogP contribution in [0.1, 0.15) is 5.56 Å². The van der Waals surface area contributed by atoms with E-state index >= 15 is 0 Å². The van der Waals surface area contributed by atoms with Crippen molar-refractivity contribution in [2.24, 2.45) is 0 Å². The van der Waals surface area contributed by atoms with Gasteiger partial charge in [0, 0.05) is 16.3 Å². The predicted octanol–water partition coefficient (Wildman–Crippen LogP) is 4.18. The van der Waals surface area contributed by atoms with Crippen molar-refractivity contribution in [1.82, 2.24) is 0 Å². The van der Waals surface area contributed by atoms with Crippen molar-refractivity contribution in [3.8, 4) is 11.1 Å². The van der Waals surface area contributed by atoms with Gasteiger partial charge in [0.15, 0.2) is 0 Å². The number of hydrogen-bond donors (Lipinski definition) is 1. The van der Waals surface area contributed by atoms with E-state index in [0.717, 1.165) is 0 Å². The molecule has 0 radical (unpaired) electrons. The predicted molar refractivity (Wildman–Crippen MR) is 66.0 cm³/mol. The van der Waals surface area contributed by atoms with E-state index < -0.39 is 11.6 Å². The lowest BCUT2D eigenvalue weighted by Gasteiger charge is -2.10. The van der Waals surface area contributed by atoms with E-state index in [2.05, 4.69) is 0 Å². The van der Waals surface area contributed by atoms with Crippen LogP contribution in [-0.2, 0) is 0 Å². The number of hydrogen-bond acceptors (Lipinski definition) is 1. The normalized spacial score (nSPS) is 10.6. The maximum absolute atomic E-state index is 13.9. The fraction of sp³-hybridized carbons (Fsp3) is 0.0769. The highest BCUT2D eigenvalue weighted by molar-refractivity contribution is 6.31. The van der Waals surface area contributed by atoms with Crippen LogP contribution in [0.2, 0.25) is 5.02 Å². The monoisotopic (exact) mass is 253 g/mol. The molecule has 2 aromatic rings. The molecule has 4 heteroatoms. The summed E-state index contributed by atoms with van der Waals surface area (Å²) in [5.41, 5.74) is 6.51. The zero-order valence-corrected chi connectivity index (χ0v) is 9.85. The van der Waals surface area contributed by atoms with E-state index in [9.17, 15) is 8.78 Å². The molecule has 0 bridgehead atoms. The van der Waals surface area contributed by atoms with Gasteiger partial charge in [0.25, 0.3) is 0 Å². The van der Waals surface area contributed by atoms with Crippen LogP contribution in [0.25, 0.3) is 11.1 Å². The molecule has 0 aliphatic heterocycles. The first-order valence-corrected chi connectivity index (χ1v) is 5.38. The summed E-state index contributed by atoms with van der Waals surface area (Å²) in [5, 5.41) is 0.384. The number of nitrogen functional groups attached to an aromatic ring is 1. The number of halogens is 3. The van der Waals surface area contributed by atoms with Crippen molar-refractivity contribution in [3.63, 3.8) is 0 Å². The quantitative estimate of drug-likeness (QED) is 0.758. The molecule has 0 spiro atoms. The molecular weight excluding hydrogens is 244 g/mol. The smallest absolute Gasteiger partial charge is 0.136 e. The molecule has 1 nitrogen and oxygen atoms in total. The average molecular weight is 254 g/mol. The van der Waals surface area contributed by atoms with Crippen LogP contribution in [0.4, 0.5) is 14.5 Å². The highest BCUT2D eigenvalue weighted by Crippen LogP contribution is 2.33. The summed E-state index contributed by atoms with van der Waals surface area (Å²) in [6, 6.07) is 7.16. The molecule has 0 heterocycles. The van der Waals surface area contributed by atoms with E-state index in [1.165, 1.54) is 24.3 Å². The molecule has 0 saturated carbocycles. The Labute approximate surface area is 103 Å². The summed E-state index contributed by atoms with van der Waals surface area (Å²) < 4.78 is 27.6. The number of nitrogens with two attached hydrogens (primary N) is 1. The Bertz CT molecular complexity index is 582. The molecule has 0 saturated heterocycles. The molecule has 0 atom stereocenters. The van der Waals surface area contributed by atoms with Crippen molar-refractivity contribution in [3.05, 3.63) is 52.6 Å². The summed E-state index contributed by atoms with van der Waals surface area (Å²) in [6.07, 6.45) is 0. The third-order valence-corrected chi connectivity index (χ3v) is 2.80. The molecule has 0 aliphatic rings. The lowest BCUT2D eigenvalue weighted by atomic mass is 10.0. The average Bonchev–Trinajstić information content (AvgIpc) is 2.29. The van der Waals surface area contributed by atoms with Crippen LogP contribution in [0, 0.1) is 18.6 Å². The zero-order chi connectivity index (χ0) is 12.6. The minimum Gasteiger partial charge on any atom is -0.398 e. The Morgan fingerprint density at radius 1 is 1.12 bits per heavy atom. The first kappa shape index (κ1) is 11.9. The van der Waals surface area contributed by atoms with Gasteiger partial charge in [-0.15, -0.1) is 0 Å². The van der Waals surface area contributed by atoms with Crippen LogP contribution in [-0.4, -0.2) is 0 Å². The molecule has 2 N–H and O–H groups in total. The van der Waals surface area contributed by atoms with Gasteiger partial charge in [-0.05, 0) is 36.8 Å². The molecule has 0 fully saturated rings. The molecule has 0 aliphatic carbocycles. The number of anilines is 1. The van der Waals surface area contributed by atoms with Crippen LogP contribution in [0.3, 0.4) is 0 Å². The minimum absolute atomic E-state index is 0.134. The van der Waals surface area contributed by atoms with Crippen LogP contribution >= 0.6 is 11.6 Å². The topological polar surface area (TPSA) is 26.0 Å². The summed E-state index contributed by atoms with van der Waals surface area (Å²) in [6.45, 7) is 1.57. The Kier molecular flexibility index (Phi) is 3.03. The Morgan fingerprint density at radius 2 is 1.82 bits per heavy atom. The first-order valence-electron chi connectivity index (χ1n) is 5.00. The van der Waals surface area contributed by atoms with Gasteiger partial charge in [0.2, 0.25) is 0 Å². The van der Waals surface area contributed by atoms with Gasteiger partial charge in [-0.1, -0.05) is 17.7 Å². The summed E-state index contributed by atoms with van der Waals surface area (Å²) >= 11 is 5.81. The summed E-state index contributed by atoms with van der Waals surface area (Å²) in [5.74, 6) is -1.26. The highest BCUT2D eigenvalue weighted by atomic mass is 35.5. The molecule has 17 heavy (non-hydrogen) atoms. The van der Waals surface area contributed by atoms with Crippen LogP contribution in [0.5, 0.6) is 0 Å². The Balaban J connectivity index is 2.76. The molecule has 2 aromatic carbocycles. The fourth-order valence-corrected chi connectivity index (χ4v) is 1.82. The van der Waals surface area contributed by atoms with Crippen LogP contribution in [0.15, 0.2) is 30.3 Å². The molecule has 0 aromatic heterocycles. The molecule has 0 unspecified atom stereocenters. The van der Waals surface area contributed by atoms with Gasteiger partial charge >= 0.3 is 0 Å². The van der Waals surface area contributed by atoms with Gasteiger partial charge < -0.3 is 5.73 Å². The summed E-state index contributed by atoms with van der Waals surface area (Å²) in [7, 11) is 0. The standard InChI is InChI=1S/C13H10ClF2N/c1-7-2-4-10(15)12(13(7)16)9-6-8(14)3-5-11(9)17/h2-6H,17H2,1H3. The maximum Gasteiger partial charge on any atom is 0.136 e. The van der Waals surface area contributed by atoms with Crippen LogP contribution < -0.4 is 5.73 Å². The van der Waals surface area contributed by atoms with E-state index in [1.807, 2.05) is 0 Å². The molecule has 88 valence electrons. The van der Waals surface area contributed by atoms with Gasteiger partial charge in [-0.3, -0.25) is 0 Å². The largest absolute Gasteiger partial charge is 0.398 e. The first-order chi connectivity index (χ1) is 8.00. The van der Waals surface area contributed by atoms with Crippen molar-refractivity contribution in [2.45, 2.75) is 6.92 Å². The van der Waals surface area contributed by atoms with Crippen molar-refractivity contribution in [2.75, 3.05) is 5.73 Å². The van der Waals surface area contributed by atoms with E-state index in [-0.39, 0.29) is 16.8 Å². The van der Waals surface area contributed by atoms with Gasteiger partial charge in [0.05, 0.1) is 5.56 Å². The van der Waals surface area contributed by atoms with E-state index in [4.69, 9.17) is 17.3 Å². The molecular formula is C13H10ClF2N. The number of benzene rings is 2. The highest BCUT2D eigenvalue weighted by Gasteiger charge is 2.16. The Hall–Kier alpha value is -1.61. The summed E-state index contributed by atoms with van der Waals surface area (Å²) in [4.78, 5) is 0. The second-order valence-electron chi connectivity index (χ2n) is 3.78. The lowest BCUT2D eigenvalue weighted by molar-refractivity contribution is 0.584. The van der Waals surface area contributed by atoms with E-state index in [0.29, 0.717) is 10.6 Å². The number of rotatable bonds is 1. The van der Waals surface area contributed by atoms with Gasteiger partial charge in [-0.2, -0.15) is 0 Å². The van der Waals surface area contributed by atoms with Crippen molar-refractivity contribution < 1.29 is 8.78 Å². The van der Waals surface area contributed by atoms with Crippen molar-refractivity contribution >= 4 is 17.3 Å². The third-order valence-electron chi connectivity index (χ3n) is 2.57. The second-order valence-corrected chi connectivity index (χ2v) is 4.22. The maximum atomic E-state index is 13.9. The van der Waals surface area contributed by atoms with Crippen molar-refractivity contribution in [1.29, 1.82) is 0 Å². The van der Waals surface area contributed by atoms with Gasteiger partial charge in [0.1, 0.15) is 11.6 Å². The fourth-order valence-electron chi connectivity index (χ4n) is 1.65. The minimum atomic E-state index is -0.651. The van der Waals surface area contributed by atoms with Gasteiger partial charge in [-0.25, -0.2) is 8.78 Å². The second kappa shape index (κ2) is 4.34. The molecule has 2 rings (SSSR count). The Morgan fingerprint density at radius 3 is 2.53 bits per heavy atom. The number of aryl methyl sites for hydroxylation is 1. The SMILES string of the molecule is Cc1ccc(F)c(-c2cc(Cl)ccc2N)c1F. The molecule has 0 amide bonds. The van der Waals surface area contributed by atoms with E-state index in [1.54, 1.807) is 13.0 Å². The zero-order valence-electron chi connectivity index (χ0n) is 9.10.